The minimum Gasteiger partial charge on any atom is -0.392 e. The molecular weight excluding hydrogens is 236 g/mol. The van der Waals surface area contributed by atoms with Crippen molar-refractivity contribution in [2.45, 2.75) is 31.8 Å². The number of nitrogen functional groups attached to an aromatic ring is 1. The summed E-state index contributed by atoms with van der Waals surface area (Å²) in [5.74, 6) is 0.488. The minimum absolute atomic E-state index is 0.306. The lowest BCUT2D eigenvalue weighted by atomic mass is 9.77. The summed E-state index contributed by atoms with van der Waals surface area (Å²) < 4.78 is 0. The number of nitrogens with two attached hydrogens (primary N) is 1. The second-order valence-corrected chi connectivity index (χ2v) is 5.40. The van der Waals surface area contributed by atoms with Gasteiger partial charge >= 0.3 is 0 Å². The Morgan fingerprint density at radius 3 is 2.53 bits per heavy atom. The molecule has 3 N–H and O–H groups in total. The average molecular weight is 256 g/mol. The fourth-order valence-corrected chi connectivity index (χ4v) is 2.16. The van der Waals surface area contributed by atoms with Gasteiger partial charge in [-0.1, -0.05) is 44.2 Å². The highest BCUT2D eigenvalue weighted by atomic mass is 16.3. The number of aromatic nitrogens is 1. The molecule has 1 aromatic heterocycles. The van der Waals surface area contributed by atoms with Crippen molar-refractivity contribution in [1.82, 2.24) is 4.98 Å². The summed E-state index contributed by atoms with van der Waals surface area (Å²) in [4.78, 5) is 3.96. The van der Waals surface area contributed by atoms with Crippen LogP contribution in [0.2, 0.25) is 0 Å². The Hall–Kier alpha value is -1.87. The molecule has 0 fully saturated rings. The molecule has 0 amide bonds. The lowest BCUT2D eigenvalue weighted by Crippen LogP contribution is -2.35. The smallest absolute Gasteiger partial charge is 0.123 e. The molecule has 0 aliphatic rings. The van der Waals surface area contributed by atoms with E-state index in [0.29, 0.717) is 12.2 Å². The molecule has 1 aromatic carbocycles. The molecule has 1 atom stereocenters. The van der Waals surface area contributed by atoms with E-state index >= 15 is 0 Å². The van der Waals surface area contributed by atoms with E-state index in [1.54, 1.807) is 6.20 Å². The van der Waals surface area contributed by atoms with Crippen LogP contribution in [0.1, 0.15) is 25.0 Å². The Morgan fingerprint density at radius 1 is 1.21 bits per heavy atom. The van der Waals surface area contributed by atoms with E-state index in [1.165, 1.54) is 0 Å². The lowest BCUT2D eigenvalue weighted by molar-refractivity contribution is 0.1000. The number of aliphatic hydroxyl groups excluding tert-OH is 1. The molecule has 1 unspecified atom stereocenters. The molecule has 0 aliphatic heterocycles. The number of aliphatic hydroxyl groups is 1. The monoisotopic (exact) mass is 256 g/mol. The van der Waals surface area contributed by atoms with Gasteiger partial charge in [-0.3, -0.25) is 0 Å². The molecule has 0 spiro atoms. The van der Waals surface area contributed by atoms with Crippen LogP contribution < -0.4 is 5.73 Å². The molecule has 19 heavy (non-hydrogen) atoms. The number of nitrogens with zero attached hydrogens (tertiary/aromatic N) is 1. The van der Waals surface area contributed by atoms with Crippen molar-refractivity contribution in [2.24, 2.45) is 0 Å². The minimum atomic E-state index is -0.475. The van der Waals surface area contributed by atoms with Crippen molar-refractivity contribution in [2.75, 3.05) is 5.73 Å². The Bertz CT molecular complexity index is 537. The summed E-state index contributed by atoms with van der Waals surface area (Å²) in [6.45, 7) is 4.11. The van der Waals surface area contributed by atoms with Gasteiger partial charge in [-0.2, -0.15) is 0 Å². The van der Waals surface area contributed by atoms with E-state index in [2.05, 4.69) is 18.8 Å². The highest BCUT2D eigenvalue weighted by molar-refractivity contribution is 5.33. The molecule has 0 bridgehead atoms. The summed E-state index contributed by atoms with van der Waals surface area (Å²) >= 11 is 0. The molecule has 1 heterocycles. The standard InChI is InChI=1S/C16H20N2O/c1-16(2,13-6-4-3-5-7-13)14(19)10-12-8-9-18-15(17)11-12/h3-9,11,14,19H,10H2,1-2H3,(H2,17,18). The Kier molecular flexibility index (Phi) is 3.86. The van der Waals surface area contributed by atoms with Crippen molar-refractivity contribution in [3.63, 3.8) is 0 Å². The molecule has 0 saturated carbocycles. The molecule has 0 saturated heterocycles. The van der Waals surface area contributed by atoms with Gasteiger partial charge in [0.2, 0.25) is 0 Å². The number of benzene rings is 1. The molecule has 0 aliphatic carbocycles. The van der Waals surface area contributed by atoms with Crippen LogP contribution in [-0.2, 0) is 11.8 Å². The van der Waals surface area contributed by atoms with Gasteiger partial charge in [0.15, 0.2) is 0 Å². The van der Waals surface area contributed by atoms with Crippen LogP contribution in [0.15, 0.2) is 48.7 Å². The topological polar surface area (TPSA) is 59.1 Å². The Morgan fingerprint density at radius 2 is 1.89 bits per heavy atom. The molecule has 2 aromatic rings. The van der Waals surface area contributed by atoms with E-state index in [-0.39, 0.29) is 5.41 Å². The van der Waals surface area contributed by atoms with E-state index in [1.807, 2.05) is 42.5 Å². The number of anilines is 1. The average Bonchev–Trinajstić information content (AvgIpc) is 2.39. The van der Waals surface area contributed by atoms with Crippen LogP contribution in [0.25, 0.3) is 0 Å². The maximum absolute atomic E-state index is 10.5. The van der Waals surface area contributed by atoms with Gasteiger partial charge in [-0.25, -0.2) is 4.98 Å². The molecule has 0 radical (unpaired) electrons. The normalized spacial score (nSPS) is 13.2. The summed E-state index contributed by atoms with van der Waals surface area (Å²) in [5.41, 5.74) is 7.49. The Labute approximate surface area is 114 Å². The quantitative estimate of drug-likeness (QED) is 0.883. The number of hydrogen-bond acceptors (Lipinski definition) is 3. The van der Waals surface area contributed by atoms with Crippen LogP contribution in [0.3, 0.4) is 0 Å². The highest BCUT2D eigenvalue weighted by Gasteiger charge is 2.29. The van der Waals surface area contributed by atoms with Gasteiger partial charge in [0.05, 0.1) is 6.10 Å². The van der Waals surface area contributed by atoms with E-state index in [0.717, 1.165) is 11.1 Å². The summed E-state index contributed by atoms with van der Waals surface area (Å²) in [6.07, 6.45) is 1.76. The molecule has 3 heteroatoms. The van der Waals surface area contributed by atoms with Gasteiger partial charge < -0.3 is 10.8 Å². The predicted molar refractivity (Wildman–Crippen MR) is 77.8 cm³/mol. The van der Waals surface area contributed by atoms with Gasteiger partial charge in [-0.05, 0) is 29.7 Å². The van der Waals surface area contributed by atoms with Crippen LogP contribution in [-0.4, -0.2) is 16.2 Å². The molecule has 3 nitrogen and oxygen atoms in total. The van der Waals surface area contributed by atoms with Crippen LogP contribution in [0.4, 0.5) is 5.82 Å². The second kappa shape index (κ2) is 5.41. The van der Waals surface area contributed by atoms with Crippen LogP contribution >= 0.6 is 0 Å². The van der Waals surface area contributed by atoms with Crippen molar-refractivity contribution < 1.29 is 5.11 Å². The molecular formula is C16H20N2O. The largest absolute Gasteiger partial charge is 0.392 e. The van der Waals surface area contributed by atoms with Crippen LogP contribution in [0, 0.1) is 0 Å². The lowest BCUT2D eigenvalue weighted by Gasteiger charge is -2.31. The first kappa shape index (κ1) is 13.6. The van der Waals surface area contributed by atoms with E-state index in [9.17, 15) is 5.11 Å². The van der Waals surface area contributed by atoms with Gasteiger partial charge in [-0.15, -0.1) is 0 Å². The summed E-state index contributed by atoms with van der Waals surface area (Å²) in [7, 11) is 0. The van der Waals surface area contributed by atoms with Crippen LogP contribution in [0.5, 0.6) is 0 Å². The third-order valence-electron chi connectivity index (χ3n) is 3.63. The van der Waals surface area contributed by atoms with Gasteiger partial charge in [0, 0.05) is 11.6 Å². The fourth-order valence-electron chi connectivity index (χ4n) is 2.16. The van der Waals surface area contributed by atoms with Gasteiger partial charge in [0.1, 0.15) is 5.82 Å². The number of rotatable bonds is 4. The highest BCUT2D eigenvalue weighted by Crippen LogP contribution is 2.29. The van der Waals surface area contributed by atoms with E-state index in [4.69, 9.17) is 5.73 Å². The maximum Gasteiger partial charge on any atom is 0.123 e. The second-order valence-electron chi connectivity index (χ2n) is 5.40. The Balaban J connectivity index is 2.17. The number of pyridine rings is 1. The first-order valence-electron chi connectivity index (χ1n) is 6.44. The van der Waals surface area contributed by atoms with Crippen molar-refractivity contribution in [3.05, 3.63) is 59.8 Å². The summed E-state index contributed by atoms with van der Waals surface area (Å²) in [6, 6.07) is 13.8. The third kappa shape index (κ3) is 3.12. The first-order chi connectivity index (χ1) is 9.00. The summed E-state index contributed by atoms with van der Waals surface area (Å²) in [5, 5.41) is 10.5. The van der Waals surface area contributed by atoms with Gasteiger partial charge in [0.25, 0.3) is 0 Å². The number of hydrogen-bond donors (Lipinski definition) is 2. The van der Waals surface area contributed by atoms with Crippen molar-refractivity contribution >= 4 is 5.82 Å². The predicted octanol–water partition coefficient (Wildman–Crippen LogP) is 2.54. The SMILES string of the molecule is CC(C)(c1ccccc1)C(O)Cc1ccnc(N)c1. The van der Waals surface area contributed by atoms with Crippen molar-refractivity contribution in [1.29, 1.82) is 0 Å². The first-order valence-corrected chi connectivity index (χ1v) is 6.44. The molecule has 100 valence electrons. The third-order valence-corrected chi connectivity index (χ3v) is 3.63. The maximum atomic E-state index is 10.5. The van der Waals surface area contributed by atoms with Crippen molar-refractivity contribution in [3.8, 4) is 0 Å². The zero-order chi connectivity index (χ0) is 13.9. The zero-order valence-corrected chi connectivity index (χ0v) is 11.4. The zero-order valence-electron chi connectivity index (χ0n) is 11.4. The van der Waals surface area contributed by atoms with E-state index < -0.39 is 6.10 Å². The fraction of sp³-hybridized carbons (Fsp3) is 0.312. The molecule has 2 rings (SSSR count).